The fraction of sp³-hybridized carbons (Fsp3) is 0.125. The maximum Gasteiger partial charge on any atom is 0.258 e. The van der Waals surface area contributed by atoms with Crippen LogP contribution in [-0.4, -0.2) is 19.1 Å². The van der Waals surface area contributed by atoms with E-state index < -0.39 is 0 Å². The standard InChI is InChI=1S/C24H22BrNO2/c1-2-28-23-13-7-6-12-22(23)26(18-8-11-19-9-4-3-5-10-19)24(27)20-14-16-21(25)17-15-20/h3-17H,2,18H2,1H3/b11-8-. The minimum Gasteiger partial charge on any atom is -0.492 e. The minimum absolute atomic E-state index is 0.0719. The number of benzene rings is 3. The van der Waals surface area contributed by atoms with Gasteiger partial charge in [0.05, 0.1) is 12.3 Å². The molecule has 0 aliphatic heterocycles. The van der Waals surface area contributed by atoms with Gasteiger partial charge in [0.1, 0.15) is 5.75 Å². The van der Waals surface area contributed by atoms with Crippen molar-refractivity contribution >= 4 is 33.6 Å². The largest absolute Gasteiger partial charge is 0.492 e. The quantitative estimate of drug-likeness (QED) is 0.441. The summed E-state index contributed by atoms with van der Waals surface area (Å²) >= 11 is 3.42. The molecule has 3 aromatic rings. The second-order valence-electron chi connectivity index (χ2n) is 6.14. The van der Waals surface area contributed by atoms with Crippen LogP contribution in [0, 0.1) is 0 Å². The van der Waals surface area contributed by atoms with Gasteiger partial charge in [0.25, 0.3) is 5.91 Å². The van der Waals surface area contributed by atoms with Gasteiger partial charge < -0.3 is 9.64 Å². The number of carbonyl (C=O) groups is 1. The smallest absolute Gasteiger partial charge is 0.258 e. The molecule has 3 rings (SSSR count). The number of carbonyl (C=O) groups excluding carboxylic acids is 1. The predicted molar refractivity (Wildman–Crippen MR) is 119 cm³/mol. The van der Waals surface area contributed by atoms with Crippen LogP contribution < -0.4 is 9.64 Å². The van der Waals surface area contributed by atoms with Crippen molar-refractivity contribution in [3.8, 4) is 5.75 Å². The van der Waals surface area contributed by atoms with Gasteiger partial charge in [-0.1, -0.05) is 70.5 Å². The molecule has 0 aliphatic rings. The summed E-state index contributed by atoms with van der Waals surface area (Å²) in [5.74, 6) is 0.626. The fourth-order valence-electron chi connectivity index (χ4n) is 2.86. The molecule has 0 atom stereocenters. The molecule has 0 fully saturated rings. The summed E-state index contributed by atoms with van der Waals surface area (Å²) in [4.78, 5) is 15.0. The van der Waals surface area contributed by atoms with Gasteiger partial charge in [-0.2, -0.15) is 0 Å². The molecule has 28 heavy (non-hydrogen) atoms. The van der Waals surface area contributed by atoms with Gasteiger partial charge in [-0.3, -0.25) is 4.79 Å². The minimum atomic E-state index is -0.0719. The van der Waals surface area contributed by atoms with E-state index >= 15 is 0 Å². The van der Waals surface area contributed by atoms with E-state index in [0.717, 1.165) is 15.7 Å². The molecule has 1 amide bonds. The number of hydrogen-bond donors (Lipinski definition) is 0. The van der Waals surface area contributed by atoms with Crippen LogP contribution >= 0.6 is 15.9 Å². The lowest BCUT2D eigenvalue weighted by Crippen LogP contribution is -2.31. The number of rotatable bonds is 7. The Morgan fingerprint density at radius 2 is 1.64 bits per heavy atom. The zero-order valence-corrected chi connectivity index (χ0v) is 17.3. The molecule has 0 saturated carbocycles. The van der Waals surface area contributed by atoms with Crippen molar-refractivity contribution in [1.82, 2.24) is 0 Å². The molecule has 4 heteroatoms. The van der Waals surface area contributed by atoms with Crippen molar-refractivity contribution in [2.75, 3.05) is 18.1 Å². The molecular weight excluding hydrogens is 414 g/mol. The normalized spacial score (nSPS) is 10.8. The summed E-state index contributed by atoms with van der Waals surface area (Å²) < 4.78 is 6.70. The average Bonchev–Trinajstić information content (AvgIpc) is 2.73. The van der Waals surface area contributed by atoms with Crippen molar-refractivity contribution in [3.63, 3.8) is 0 Å². The van der Waals surface area contributed by atoms with Crippen LogP contribution in [-0.2, 0) is 0 Å². The highest BCUT2D eigenvalue weighted by molar-refractivity contribution is 9.10. The molecule has 142 valence electrons. The Morgan fingerprint density at radius 1 is 0.964 bits per heavy atom. The molecule has 0 heterocycles. The van der Waals surface area contributed by atoms with Gasteiger partial charge in [-0.25, -0.2) is 0 Å². The Labute approximate surface area is 174 Å². The maximum atomic E-state index is 13.3. The topological polar surface area (TPSA) is 29.5 Å². The van der Waals surface area contributed by atoms with Crippen LogP contribution in [0.15, 0.2) is 89.4 Å². The van der Waals surface area contributed by atoms with Gasteiger partial charge in [-0.15, -0.1) is 0 Å². The van der Waals surface area contributed by atoms with Gasteiger partial charge >= 0.3 is 0 Å². The third kappa shape index (κ3) is 5.11. The molecule has 0 aromatic heterocycles. The Bertz CT molecular complexity index is 936. The van der Waals surface area contributed by atoms with E-state index in [9.17, 15) is 4.79 Å². The van der Waals surface area contributed by atoms with Crippen LogP contribution in [0.2, 0.25) is 0 Å². The second kappa shape index (κ2) is 9.90. The second-order valence-corrected chi connectivity index (χ2v) is 7.05. The van der Waals surface area contributed by atoms with E-state index in [2.05, 4.69) is 15.9 Å². The fourth-order valence-corrected chi connectivity index (χ4v) is 3.12. The van der Waals surface area contributed by atoms with E-state index in [1.165, 1.54) is 0 Å². The number of ether oxygens (including phenoxy) is 1. The zero-order chi connectivity index (χ0) is 19.8. The Hall–Kier alpha value is -2.85. The van der Waals surface area contributed by atoms with Crippen LogP contribution in [0.4, 0.5) is 5.69 Å². The summed E-state index contributed by atoms with van der Waals surface area (Å²) in [5.41, 5.74) is 2.48. The predicted octanol–water partition coefficient (Wildman–Crippen LogP) is 6.21. The molecule has 3 aromatic carbocycles. The first-order valence-electron chi connectivity index (χ1n) is 9.20. The molecule has 0 unspecified atom stereocenters. The van der Waals surface area contributed by atoms with Crippen LogP contribution in [0.1, 0.15) is 22.8 Å². The molecule has 0 aliphatic carbocycles. The van der Waals surface area contributed by atoms with Crippen LogP contribution in [0.5, 0.6) is 5.75 Å². The Balaban J connectivity index is 1.92. The molecule has 0 saturated heterocycles. The van der Waals surface area contributed by atoms with Gasteiger partial charge in [-0.05, 0) is 48.9 Å². The van der Waals surface area contributed by atoms with E-state index in [1.807, 2.05) is 97.9 Å². The van der Waals surface area contributed by atoms with Crippen molar-refractivity contribution in [1.29, 1.82) is 0 Å². The summed E-state index contributed by atoms with van der Waals surface area (Å²) in [6, 6.07) is 25.1. The van der Waals surface area contributed by atoms with Gasteiger partial charge in [0.2, 0.25) is 0 Å². The lowest BCUT2D eigenvalue weighted by Gasteiger charge is -2.24. The SMILES string of the molecule is CCOc1ccccc1N(C/C=C\c1ccccc1)C(=O)c1ccc(Br)cc1. The highest BCUT2D eigenvalue weighted by atomic mass is 79.9. The third-order valence-corrected chi connectivity index (χ3v) is 4.72. The molecule has 0 spiro atoms. The van der Waals surface area contributed by atoms with E-state index in [1.54, 1.807) is 4.90 Å². The number of para-hydroxylation sites is 2. The average molecular weight is 436 g/mol. The zero-order valence-electron chi connectivity index (χ0n) is 15.7. The Kier molecular flexibility index (Phi) is 7.04. The Morgan fingerprint density at radius 3 is 2.36 bits per heavy atom. The maximum absolute atomic E-state index is 13.3. The summed E-state index contributed by atoms with van der Waals surface area (Å²) in [5, 5.41) is 0. The molecule has 0 radical (unpaired) electrons. The van der Waals surface area contributed by atoms with Gasteiger partial charge in [0, 0.05) is 16.6 Å². The number of nitrogens with zero attached hydrogens (tertiary/aromatic N) is 1. The van der Waals surface area contributed by atoms with Crippen LogP contribution in [0.3, 0.4) is 0 Å². The molecule has 3 nitrogen and oxygen atoms in total. The van der Waals surface area contributed by atoms with Crippen LogP contribution in [0.25, 0.3) is 6.08 Å². The van der Waals surface area contributed by atoms with Crippen molar-refractivity contribution in [2.45, 2.75) is 6.92 Å². The summed E-state index contributed by atoms with van der Waals surface area (Å²) in [6.07, 6.45) is 4.01. The first kappa shape index (κ1) is 19.9. The van der Waals surface area contributed by atoms with Crippen molar-refractivity contribution in [2.24, 2.45) is 0 Å². The molecule has 0 N–H and O–H groups in total. The van der Waals surface area contributed by atoms with Crippen molar-refractivity contribution in [3.05, 3.63) is 101 Å². The number of hydrogen-bond acceptors (Lipinski definition) is 2. The molecule has 0 bridgehead atoms. The summed E-state index contributed by atoms with van der Waals surface area (Å²) in [7, 11) is 0. The van der Waals surface area contributed by atoms with Gasteiger partial charge in [0.15, 0.2) is 0 Å². The number of amides is 1. The lowest BCUT2D eigenvalue weighted by molar-refractivity contribution is 0.0989. The lowest BCUT2D eigenvalue weighted by atomic mass is 10.1. The number of anilines is 1. The number of halogens is 1. The van der Waals surface area contributed by atoms with E-state index in [0.29, 0.717) is 24.5 Å². The first-order valence-corrected chi connectivity index (χ1v) is 9.99. The van der Waals surface area contributed by atoms with Crippen molar-refractivity contribution < 1.29 is 9.53 Å². The first-order chi connectivity index (χ1) is 13.7. The molecular formula is C24H22BrNO2. The highest BCUT2D eigenvalue weighted by Crippen LogP contribution is 2.29. The monoisotopic (exact) mass is 435 g/mol. The third-order valence-electron chi connectivity index (χ3n) is 4.19. The highest BCUT2D eigenvalue weighted by Gasteiger charge is 2.20. The van der Waals surface area contributed by atoms with E-state index in [4.69, 9.17) is 4.74 Å². The summed E-state index contributed by atoms with van der Waals surface area (Å²) in [6.45, 7) is 2.91. The van der Waals surface area contributed by atoms with E-state index in [-0.39, 0.29) is 5.91 Å².